The van der Waals surface area contributed by atoms with Crippen molar-refractivity contribution in [2.45, 2.75) is 25.3 Å². The highest BCUT2D eigenvalue weighted by Gasteiger charge is 2.26. The third kappa shape index (κ3) is 4.12. The van der Waals surface area contributed by atoms with Crippen LogP contribution in [-0.2, 0) is 0 Å². The molecule has 0 aromatic carbocycles. The highest BCUT2D eigenvalue weighted by molar-refractivity contribution is 7.99. The van der Waals surface area contributed by atoms with Crippen molar-refractivity contribution in [2.24, 2.45) is 5.92 Å². The molecule has 18 heavy (non-hydrogen) atoms. The molecule has 2 aliphatic heterocycles. The van der Waals surface area contributed by atoms with Crippen LogP contribution in [-0.4, -0.2) is 73.2 Å². The van der Waals surface area contributed by atoms with Crippen LogP contribution in [0.2, 0.25) is 0 Å². The Kier molecular flexibility index (Phi) is 4.85. The maximum Gasteiger partial charge on any atom is 0.0110 e. The van der Waals surface area contributed by atoms with E-state index in [1.807, 2.05) is 0 Å². The molecule has 3 nitrogen and oxygen atoms in total. The maximum atomic E-state index is 3.68. The van der Waals surface area contributed by atoms with Crippen molar-refractivity contribution in [3.8, 4) is 0 Å². The van der Waals surface area contributed by atoms with Crippen LogP contribution >= 0.6 is 11.8 Å². The lowest BCUT2D eigenvalue weighted by Gasteiger charge is -2.28. The van der Waals surface area contributed by atoms with E-state index >= 15 is 0 Å². The summed E-state index contributed by atoms with van der Waals surface area (Å²) in [6.45, 7) is 9.15. The Bertz CT molecular complexity index is 251. The fraction of sp³-hybridized carbons (Fsp3) is 1.00. The zero-order valence-corrected chi connectivity index (χ0v) is 12.3. The number of nitrogens with zero attached hydrogens (tertiary/aromatic N) is 2. The summed E-state index contributed by atoms with van der Waals surface area (Å²) in [6, 6.07) is 0.880. The summed E-state index contributed by atoms with van der Waals surface area (Å²) < 4.78 is 0. The fourth-order valence-corrected chi connectivity index (χ4v) is 3.99. The maximum absolute atomic E-state index is 3.68. The Balaban J connectivity index is 1.29. The average Bonchev–Trinajstić information content (AvgIpc) is 3.14. The topological polar surface area (TPSA) is 18.5 Å². The molecule has 104 valence electrons. The molecule has 1 unspecified atom stereocenters. The summed E-state index contributed by atoms with van der Waals surface area (Å²) in [5.41, 5.74) is 0. The van der Waals surface area contributed by atoms with Crippen LogP contribution in [0.4, 0.5) is 0 Å². The molecule has 1 N–H and O–H groups in total. The van der Waals surface area contributed by atoms with Gasteiger partial charge in [0.25, 0.3) is 0 Å². The van der Waals surface area contributed by atoms with Crippen molar-refractivity contribution in [2.75, 3.05) is 57.3 Å². The van der Waals surface area contributed by atoms with Gasteiger partial charge in [-0.3, -0.25) is 0 Å². The molecule has 4 heteroatoms. The second-order valence-electron chi connectivity index (χ2n) is 6.09. The van der Waals surface area contributed by atoms with Gasteiger partial charge in [0.2, 0.25) is 0 Å². The van der Waals surface area contributed by atoms with Gasteiger partial charge < -0.3 is 15.1 Å². The summed E-state index contributed by atoms with van der Waals surface area (Å²) in [7, 11) is 0. The van der Waals surface area contributed by atoms with Crippen LogP contribution in [0, 0.1) is 5.92 Å². The van der Waals surface area contributed by atoms with E-state index in [0.717, 1.165) is 12.0 Å². The Hall–Kier alpha value is 0.230. The summed E-state index contributed by atoms with van der Waals surface area (Å²) in [6.07, 6.45) is 4.25. The average molecular weight is 269 g/mol. The van der Waals surface area contributed by atoms with Crippen LogP contribution < -0.4 is 5.32 Å². The molecule has 2 saturated heterocycles. The molecule has 0 aromatic heterocycles. The second-order valence-corrected chi connectivity index (χ2v) is 7.32. The van der Waals surface area contributed by atoms with Gasteiger partial charge in [0, 0.05) is 50.3 Å². The van der Waals surface area contributed by atoms with Crippen LogP contribution in [0.1, 0.15) is 19.3 Å². The van der Waals surface area contributed by atoms with Crippen molar-refractivity contribution in [1.29, 1.82) is 0 Å². The molecule has 3 rings (SSSR count). The van der Waals surface area contributed by atoms with Crippen LogP contribution in [0.5, 0.6) is 0 Å². The minimum Gasteiger partial charge on any atom is -0.314 e. The molecule has 0 spiro atoms. The first-order valence-electron chi connectivity index (χ1n) is 7.66. The Morgan fingerprint density at radius 3 is 2.50 bits per heavy atom. The standard InChI is InChI=1S/C14H27N3S/c1-2-14(1)15-11-13-3-4-17(12-13)6-5-16-7-9-18-10-8-16/h13-15H,1-12H2. The van der Waals surface area contributed by atoms with Gasteiger partial charge >= 0.3 is 0 Å². The molecule has 0 bridgehead atoms. The predicted molar refractivity (Wildman–Crippen MR) is 79.3 cm³/mol. The highest BCUT2D eigenvalue weighted by atomic mass is 32.2. The Labute approximate surface area is 116 Å². The highest BCUT2D eigenvalue weighted by Crippen LogP contribution is 2.21. The normalized spacial score (nSPS) is 31.0. The second kappa shape index (κ2) is 6.60. The molecule has 0 radical (unpaired) electrons. The quantitative estimate of drug-likeness (QED) is 0.778. The van der Waals surface area contributed by atoms with Crippen LogP contribution in [0.25, 0.3) is 0 Å². The van der Waals surface area contributed by atoms with Gasteiger partial charge in [0.15, 0.2) is 0 Å². The van der Waals surface area contributed by atoms with E-state index in [1.54, 1.807) is 0 Å². The molecule has 0 amide bonds. The molecule has 3 fully saturated rings. The summed E-state index contributed by atoms with van der Waals surface area (Å²) >= 11 is 2.11. The number of hydrogen-bond acceptors (Lipinski definition) is 4. The van der Waals surface area contributed by atoms with E-state index < -0.39 is 0 Å². The Morgan fingerprint density at radius 2 is 1.72 bits per heavy atom. The molecule has 3 aliphatic rings. The van der Waals surface area contributed by atoms with E-state index in [9.17, 15) is 0 Å². The molecular formula is C14H27N3S. The van der Waals surface area contributed by atoms with Crippen molar-refractivity contribution in [3.05, 3.63) is 0 Å². The molecule has 1 atom stereocenters. The number of rotatable bonds is 6. The van der Waals surface area contributed by atoms with Crippen molar-refractivity contribution >= 4 is 11.8 Å². The van der Waals surface area contributed by atoms with E-state index in [-0.39, 0.29) is 0 Å². The number of likely N-dealkylation sites (tertiary alicyclic amines) is 1. The van der Waals surface area contributed by atoms with E-state index in [2.05, 4.69) is 26.9 Å². The summed E-state index contributed by atoms with van der Waals surface area (Å²) in [5, 5.41) is 3.68. The van der Waals surface area contributed by atoms with E-state index in [1.165, 1.54) is 76.6 Å². The van der Waals surface area contributed by atoms with Gasteiger partial charge in [-0.25, -0.2) is 0 Å². The first-order chi connectivity index (χ1) is 8.90. The van der Waals surface area contributed by atoms with Crippen molar-refractivity contribution < 1.29 is 0 Å². The molecular weight excluding hydrogens is 242 g/mol. The van der Waals surface area contributed by atoms with E-state index in [4.69, 9.17) is 0 Å². The molecule has 0 aromatic rings. The lowest BCUT2D eigenvalue weighted by atomic mass is 10.1. The van der Waals surface area contributed by atoms with E-state index in [0.29, 0.717) is 0 Å². The molecule has 1 saturated carbocycles. The van der Waals surface area contributed by atoms with Gasteiger partial charge in [-0.05, 0) is 38.3 Å². The first kappa shape index (κ1) is 13.2. The van der Waals surface area contributed by atoms with Gasteiger partial charge in [0.1, 0.15) is 0 Å². The first-order valence-corrected chi connectivity index (χ1v) is 8.81. The SMILES string of the molecule is C1CN(CCN2CCC(CNC3CC3)C2)CCS1. The van der Waals surface area contributed by atoms with Crippen molar-refractivity contribution in [3.63, 3.8) is 0 Å². The number of hydrogen-bond donors (Lipinski definition) is 1. The zero-order chi connectivity index (χ0) is 12.2. The minimum absolute atomic E-state index is 0.880. The van der Waals surface area contributed by atoms with Crippen LogP contribution in [0.15, 0.2) is 0 Å². The lowest BCUT2D eigenvalue weighted by Crippen LogP contribution is -2.39. The largest absolute Gasteiger partial charge is 0.314 e. The fourth-order valence-electron chi connectivity index (χ4n) is 3.01. The van der Waals surface area contributed by atoms with Gasteiger partial charge in [0.05, 0.1) is 0 Å². The van der Waals surface area contributed by atoms with Gasteiger partial charge in [-0.15, -0.1) is 0 Å². The third-order valence-corrected chi connectivity index (χ3v) is 5.42. The van der Waals surface area contributed by atoms with Crippen molar-refractivity contribution in [1.82, 2.24) is 15.1 Å². The number of thioether (sulfide) groups is 1. The summed E-state index contributed by atoms with van der Waals surface area (Å²) in [5.74, 6) is 3.60. The third-order valence-electron chi connectivity index (χ3n) is 4.48. The summed E-state index contributed by atoms with van der Waals surface area (Å²) in [4.78, 5) is 5.33. The smallest absolute Gasteiger partial charge is 0.0110 e. The predicted octanol–water partition coefficient (Wildman–Crippen LogP) is 1.11. The van der Waals surface area contributed by atoms with Crippen LogP contribution in [0.3, 0.4) is 0 Å². The molecule has 1 aliphatic carbocycles. The molecule has 2 heterocycles. The Morgan fingerprint density at radius 1 is 0.944 bits per heavy atom. The minimum atomic E-state index is 0.880. The lowest BCUT2D eigenvalue weighted by molar-refractivity contribution is 0.235. The zero-order valence-electron chi connectivity index (χ0n) is 11.4. The van der Waals surface area contributed by atoms with Gasteiger partial charge in [-0.2, -0.15) is 11.8 Å². The number of nitrogens with one attached hydrogen (secondary N) is 1. The van der Waals surface area contributed by atoms with Gasteiger partial charge in [-0.1, -0.05) is 0 Å². The monoisotopic (exact) mass is 269 g/mol.